The zero-order valence-electron chi connectivity index (χ0n) is 65.4. The zero-order chi connectivity index (χ0) is 76.7. The second-order valence-corrected chi connectivity index (χ2v) is 29.2. The summed E-state index contributed by atoms with van der Waals surface area (Å²) >= 11 is 0. The third-order valence-electron chi connectivity index (χ3n) is 20.0. The van der Waals surface area contributed by atoms with Crippen molar-refractivity contribution in [1.82, 2.24) is 5.32 Å². The Morgan fingerprint density at radius 1 is 0.349 bits per heavy atom. The molecule has 12 N–H and O–H groups in total. The van der Waals surface area contributed by atoms with Gasteiger partial charge in [0.2, 0.25) is 5.91 Å². The molecule has 0 radical (unpaired) electrons. The Labute approximate surface area is 639 Å². The van der Waals surface area contributed by atoms with Gasteiger partial charge in [-0.05, 0) is 89.9 Å². The van der Waals surface area contributed by atoms with Gasteiger partial charge in [0, 0.05) is 6.42 Å². The van der Waals surface area contributed by atoms with Crippen molar-refractivity contribution in [2.45, 2.75) is 394 Å². The lowest BCUT2D eigenvalue weighted by molar-refractivity contribution is -0.379. The van der Waals surface area contributed by atoms with E-state index >= 15 is 0 Å². The molecule has 610 valence electrons. The van der Waals surface area contributed by atoms with Gasteiger partial charge in [0.1, 0.15) is 73.2 Å². The van der Waals surface area contributed by atoms with Gasteiger partial charge in [0.25, 0.3) is 0 Å². The zero-order valence-corrected chi connectivity index (χ0v) is 65.4. The summed E-state index contributed by atoms with van der Waals surface area (Å²) in [5.41, 5.74) is 0. The van der Waals surface area contributed by atoms with Gasteiger partial charge in [0.15, 0.2) is 18.9 Å². The minimum atomic E-state index is -1.99. The number of unbranched alkanes of at least 4 members (excludes halogenated alkanes) is 31. The predicted octanol–water partition coefficient (Wildman–Crippen LogP) is 14.7. The van der Waals surface area contributed by atoms with Gasteiger partial charge in [-0.15, -0.1) is 0 Å². The number of allylic oxidation sites excluding steroid dienone is 19. The highest BCUT2D eigenvalue weighted by Gasteiger charge is 2.54. The third-order valence-corrected chi connectivity index (χ3v) is 20.0. The molecule has 3 fully saturated rings. The number of aliphatic hydroxyl groups excluding tert-OH is 11. The molecule has 0 aromatic carbocycles. The normalized spacial score (nSPS) is 26.3. The molecule has 0 aromatic rings. The number of carbonyl (C=O) groups is 1. The molecule has 0 spiro atoms. The SMILES string of the molecule is CC/C=C\C/C=C\C/C=C\C/C=C\C/C=C\C/C=C\C/C=C\C/C=C\C/C=C\CCCCCCCC(=O)NC(COC1OC(CO)C(OC2OC(CO)C(OC3OC(CO)C(O)C(O)C3O)C(O)C2O)C(O)C1O)C(O)/C=C/CCCCCCCCCCCCCCCCCCCCCCCCCCCC. The number of carbonyl (C=O) groups excluding carboxylic acids is 1. The van der Waals surface area contributed by atoms with Gasteiger partial charge in [-0.2, -0.15) is 0 Å². The molecular formula is C87H149NO18. The van der Waals surface area contributed by atoms with E-state index < -0.39 is 124 Å². The highest BCUT2D eigenvalue weighted by Crippen LogP contribution is 2.33. The standard InChI is InChI=1S/C87H149NO18/c1-3-5-7-9-11-13-15-17-19-21-23-25-27-29-31-33-34-35-36-37-39-41-43-45-47-49-51-53-55-57-59-61-63-65-75(93)88-70(71(92)64-62-60-58-56-54-52-50-48-46-44-42-40-38-32-30-28-26-24-22-20-18-16-14-12-10-8-6-4-2)69-101-85-81(99)78(96)83(73(67-90)103-85)106-87-82(100)79(97)84(74(68-91)104-87)105-86-80(98)77(95)76(94)72(66-89)102-86/h5,7,11,13,17,19,23,25,29,31,34-35,37,39,43,45,49,51,62,64,70-74,76-87,89-92,94-100H,3-4,6,8-10,12,14-16,18,20-22,24,26-28,30,32-33,36,38,40-42,44,46-48,50,52-61,63,65-69H2,1-2H3,(H,88,93)/b7-5-,13-11-,19-17-,25-23-,31-29-,35-34-,39-37-,45-43-,51-49-,64-62+. The molecule has 3 saturated heterocycles. The first kappa shape index (κ1) is 96.4. The average Bonchev–Trinajstić information content (AvgIpc) is 0.781. The van der Waals surface area contributed by atoms with Gasteiger partial charge in [-0.1, -0.05) is 315 Å². The lowest BCUT2D eigenvalue weighted by atomic mass is 9.96. The van der Waals surface area contributed by atoms with E-state index in [2.05, 4.69) is 129 Å². The van der Waals surface area contributed by atoms with Gasteiger partial charge in [-0.3, -0.25) is 4.79 Å². The fourth-order valence-corrected chi connectivity index (χ4v) is 13.4. The number of rotatable bonds is 65. The van der Waals surface area contributed by atoms with Crippen LogP contribution in [-0.2, 0) is 33.2 Å². The van der Waals surface area contributed by atoms with Crippen LogP contribution in [-0.4, -0.2) is 193 Å². The molecule has 106 heavy (non-hydrogen) atoms. The Kier molecular flexibility index (Phi) is 59.9. The minimum absolute atomic E-state index is 0.213. The Bertz CT molecular complexity index is 2390. The van der Waals surface area contributed by atoms with Crippen molar-refractivity contribution in [1.29, 1.82) is 0 Å². The summed E-state index contributed by atoms with van der Waals surface area (Å²) in [6, 6.07) is -0.995. The minimum Gasteiger partial charge on any atom is -0.394 e. The van der Waals surface area contributed by atoms with E-state index in [0.717, 1.165) is 116 Å². The van der Waals surface area contributed by atoms with E-state index in [9.17, 15) is 61.0 Å². The van der Waals surface area contributed by atoms with Crippen molar-refractivity contribution in [2.75, 3.05) is 26.4 Å². The molecule has 17 unspecified atom stereocenters. The van der Waals surface area contributed by atoms with Crippen LogP contribution in [0.4, 0.5) is 0 Å². The number of amides is 1. The molecule has 17 atom stereocenters. The summed E-state index contributed by atoms with van der Waals surface area (Å²) in [6.07, 6.45) is 66.0. The molecule has 0 aliphatic carbocycles. The van der Waals surface area contributed by atoms with Gasteiger partial charge in [0.05, 0.1) is 38.6 Å². The monoisotopic (exact) mass is 1500 g/mol. The summed E-state index contributed by atoms with van der Waals surface area (Å²) in [5, 5.41) is 121. The van der Waals surface area contributed by atoms with Crippen LogP contribution in [0.5, 0.6) is 0 Å². The first-order valence-electron chi connectivity index (χ1n) is 41.8. The maximum Gasteiger partial charge on any atom is 0.220 e. The topological polar surface area (TPSA) is 307 Å². The molecule has 0 bridgehead atoms. The third kappa shape index (κ3) is 44.9. The first-order chi connectivity index (χ1) is 51.8. The maximum absolute atomic E-state index is 13.5. The summed E-state index contributed by atoms with van der Waals surface area (Å²) in [7, 11) is 0. The number of nitrogens with one attached hydrogen (secondary N) is 1. The van der Waals surface area contributed by atoms with Gasteiger partial charge < -0.3 is 89.9 Å². The highest BCUT2D eigenvalue weighted by atomic mass is 16.8. The summed E-state index contributed by atoms with van der Waals surface area (Å²) in [6.45, 7) is 1.63. The van der Waals surface area contributed by atoms with Crippen LogP contribution in [0.3, 0.4) is 0 Å². The van der Waals surface area contributed by atoms with Gasteiger partial charge in [-0.25, -0.2) is 0 Å². The van der Waals surface area contributed by atoms with Crippen LogP contribution in [0, 0.1) is 0 Å². The van der Waals surface area contributed by atoms with Crippen molar-refractivity contribution in [2.24, 2.45) is 0 Å². The second-order valence-electron chi connectivity index (χ2n) is 29.2. The molecule has 0 saturated carbocycles. The summed E-state index contributed by atoms with van der Waals surface area (Å²) < 4.78 is 34.5. The maximum atomic E-state index is 13.5. The van der Waals surface area contributed by atoms with E-state index in [0.29, 0.717) is 6.42 Å². The van der Waals surface area contributed by atoms with Crippen molar-refractivity contribution in [3.63, 3.8) is 0 Å². The van der Waals surface area contributed by atoms with Crippen LogP contribution in [0.2, 0.25) is 0 Å². The molecule has 1 amide bonds. The molecule has 3 aliphatic heterocycles. The largest absolute Gasteiger partial charge is 0.394 e. The van der Waals surface area contributed by atoms with E-state index in [1.54, 1.807) is 6.08 Å². The molecule has 3 aliphatic rings. The summed E-state index contributed by atoms with van der Waals surface area (Å²) in [5.74, 6) is -0.296. The van der Waals surface area contributed by atoms with Crippen LogP contribution in [0.25, 0.3) is 0 Å². The van der Waals surface area contributed by atoms with E-state index in [1.165, 1.54) is 148 Å². The number of ether oxygens (including phenoxy) is 6. The number of hydrogen-bond donors (Lipinski definition) is 12. The van der Waals surface area contributed by atoms with Crippen LogP contribution in [0.1, 0.15) is 290 Å². The number of hydrogen-bond acceptors (Lipinski definition) is 18. The predicted molar refractivity (Wildman–Crippen MR) is 424 cm³/mol. The Morgan fingerprint density at radius 3 is 1.02 bits per heavy atom. The molecular weight excluding hydrogens is 1350 g/mol. The fraction of sp³-hybridized carbons (Fsp3) is 0.759. The first-order valence-corrected chi connectivity index (χ1v) is 41.8. The Balaban J connectivity index is 1.39. The van der Waals surface area contributed by atoms with Crippen molar-refractivity contribution in [3.8, 4) is 0 Å². The molecule has 3 rings (SSSR count). The molecule has 3 heterocycles. The quantitative estimate of drug-likeness (QED) is 0.0199. The van der Waals surface area contributed by atoms with E-state index in [1.807, 2.05) is 6.08 Å². The van der Waals surface area contributed by atoms with Crippen LogP contribution >= 0.6 is 0 Å². The van der Waals surface area contributed by atoms with Crippen LogP contribution in [0.15, 0.2) is 122 Å². The van der Waals surface area contributed by atoms with E-state index in [4.69, 9.17) is 28.4 Å². The highest BCUT2D eigenvalue weighted by molar-refractivity contribution is 5.76. The van der Waals surface area contributed by atoms with Crippen LogP contribution < -0.4 is 5.32 Å². The van der Waals surface area contributed by atoms with Crippen molar-refractivity contribution < 1.29 is 89.4 Å². The number of aliphatic hydroxyl groups is 11. The van der Waals surface area contributed by atoms with E-state index in [-0.39, 0.29) is 18.9 Å². The van der Waals surface area contributed by atoms with Crippen molar-refractivity contribution >= 4 is 5.91 Å². The molecule has 0 aromatic heterocycles. The van der Waals surface area contributed by atoms with Crippen molar-refractivity contribution in [3.05, 3.63) is 122 Å². The smallest absolute Gasteiger partial charge is 0.220 e. The Hall–Kier alpha value is -3.81. The summed E-state index contributed by atoms with van der Waals surface area (Å²) in [4.78, 5) is 13.5. The lowest BCUT2D eigenvalue weighted by Crippen LogP contribution is -2.66. The molecule has 19 nitrogen and oxygen atoms in total. The lowest BCUT2D eigenvalue weighted by Gasteiger charge is -2.48. The molecule has 19 heteroatoms. The average molecular weight is 1500 g/mol. The Morgan fingerprint density at radius 2 is 0.651 bits per heavy atom. The van der Waals surface area contributed by atoms with Gasteiger partial charge >= 0.3 is 0 Å². The fourth-order valence-electron chi connectivity index (χ4n) is 13.4. The second kappa shape index (κ2) is 65.9.